The first-order valence-corrected chi connectivity index (χ1v) is 8.32. The van der Waals surface area contributed by atoms with Gasteiger partial charge in [0.2, 0.25) is 5.91 Å². The molecule has 0 heterocycles. The molecule has 0 N–H and O–H groups in total. The molecule has 2 rings (SSSR count). The molecule has 3 nitrogen and oxygen atoms in total. The summed E-state index contributed by atoms with van der Waals surface area (Å²) in [6.45, 7) is -1.49. The lowest BCUT2D eigenvalue weighted by atomic mass is 9.81. The van der Waals surface area contributed by atoms with Crippen molar-refractivity contribution in [2.24, 2.45) is 0 Å². The molecule has 24 heavy (non-hydrogen) atoms. The highest BCUT2D eigenvalue weighted by Gasteiger charge is 2.29. The number of nitrogens with zero attached hydrogens (tertiary/aromatic N) is 1. The third-order valence-electron chi connectivity index (χ3n) is 4.63. The largest absolute Gasteiger partial charge is 0.411 e. The van der Waals surface area contributed by atoms with E-state index in [9.17, 15) is 18.0 Å². The highest BCUT2D eigenvalue weighted by molar-refractivity contribution is 5.76. The molecule has 1 aliphatic carbocycles. The molecular formula is C18H24F3NO2. The lowest BCUT2D eigenvalue weighted by Gasteiger charge is -2.35. The number of rotatable bonds is 6. The Bertz CT molecular complexity index is 511. The molecule has 1 aromatic carbocycles. The van der Waals surface area contributed by atoms with Crippen molar-refractivity contribution in [3.05, 3.63) is 35.9 Å². The second-order valence-corrected chi connectivity index (χ2v) is 6.34. The van der Waals surface area contributed by atoms with Gasteiger partial charge in [0.1, 0.15) is 6.61 Å². The predicted molar refractivity (Wildman–Crippen MR) is 85.7 cm³/mol. The summed E-state index contributed by atoms with van der Waals surface area (Å²) >= 11 is 0. The van der Waals surface area contributed by atoms with Crippen LogP contribution in [0.3, 0.4) is 0 Å². The van der Waals surface area contributed by atoms with E-state index in [-0.39, 0.29) is 25.0 Å². The Morgan fingerprint density at radius 3 is 2.38 bits per heavy atom. The monoisotopic (exact) mass is 343 g/mol. The standard InChI is InChI=1S/C18H24F3NO2/c1-22(17(23)11-12-24-13-18(19,20)21)16-9-7-15(8-10-16)14-5-3-2-4-6-14/h2-6,15-16H,7-13H2,1H3. The van der Waals surface area contributed by atoms with Crippen molar-refractivity contribution in [2.75, 3.05) is 20.3 Å². The van der Waals surface area contributed by atoms with Gasteiger partial charge in [0.25, 0.3) is 0 Å². The summed E-state index contributed by atoms with van der Waals surface area (Å²) in [6.07, 6.45) is -0.458. The first-order valence-electron chi connectivity index (χ1n) is 8.32. The molecule has 0 spiro atoms. The van der Waals surface area contributed by atoms with E-state index in [0.717, 1.165) is 25.7 Å². The first kappa shape index (κ1) is 18.8. The van der Waals surface area contributed by atoms with Crippen molar-refractivity contribution < 1.29 is 22.7 Å². The number of benzene rings is 1. The molecule has 1 fully saturated rings. The van der Waals surface area contributed by atoms with Crippen LogP contribution in [0.5, 0.6) is 0 Å². The Hall–Kier alpha value is -1.56. The molecule has 0 aromatic heterocycles. The van der Waals surface area contributed by atoms with E-state index in [1.165, 1.54) is 5.56 Å². The Morgan fingerprint density at radius 2 is 1.79 bits per heavy atom. The normalized spacial score (nSPS) is 21.5. The lowest BCUT2D eigenvalue weighted by molar-refractivity contribution is -0.175. The maximum atomic E-state index is 12.1. The number of halogens is 3. The summed E-state index contributed by atoms with van der Waals surface area (Å²) < 4.78 is 40.5. The first-order chi connectivity index (χ1) is 11.4. The number of carbonyl (C=O) groups is 1. The quantitative estimate of drug-likeness (QED) is 0.727. The van der Waals surface area contributed by atoms with E-state index in [4.69, 9.17) is 0 Å². The molecule has 0 aliphatic heterocycles. The third kappa shape index (κ3) is 5.82. The molecule has 0 radical (unpaired) electrons. The van der Waals surface area contributed by atoms with Crippen molar-refractivity contribution in [2.45, 2.75) is 50.2 Å². The fraction of sp³-hybridized carbons (Fsp3) is 0.611. The van der Waals surface area contributed by atoms with Gasteiger partial charge in [0.15, 0.2) is 0 Å². The van der Waals surface area contributed by atoms with Crippen LogP contribution in [0.25, 0.3) is 0 Å². The van der Waals surface area contributed by atoms with Crippen molar-refractivity contribution in [1.29, 1.82) is 0 Å². The van der Waals surface area contributed by atoms with Gasteiger partial charge in [-0.3, -0.25) is 4.79 Å². The SMILES string of the molecule is CN(C(=O)CCOCC(F)(F)F)C1CCC(c2ccccc2)CC1. The van der Waals surface area contributed by atoms with Gasteiger partial charge < -0.3 is 9.64 Å². The van der Waals surface area contributed by atoms with E-state index >= 15 is 0 Å². The minimum Gasteiger partial charge on any atom is -0.372 e. The second-order valence-electron chi connectivity index (χ2n) is 6.34. The maximum Gasteiger partial charge on any atom is 0.411 e. The van der Waals surface area contributed by atoms with E-state index in [0.29, 0.717) is 5.92 Å². The maximum absolute atomic E-state index is 12.1. The third-order valence-corrected chi connectivity index (χ3v) is 4.63. The van der Waals surface area contributed by atoms with Crippen molar-refractivity contribution in [3.8, 4) is 0 Å². The smallest absolute Gasteiger partial charge is 0.372 e. The molecule has 134 valence electrons. The fourth-order valence-electron chi connectivity index (χ4n) is 3.25. The Labute approximate surface area is 140 Å². The van der Waals surface area contributed by atoms with Crippen LogP contribution in [0.4, 0.5) is 13.2 Å². The second kappa shape index (κ2) is 8.51. The molecule has 1 aliphatic rings. The highest BCUT2D eigenvalue weighted by atomic mass is 19.4. The molecule has 6 heteroatoms. The number of hydrogen-bond acceptors (Lipinski definition) is 2. The van der Waals surface area contributed by atoms with Crippen molar-refractivity contribution in [1.82, 2.24) is 4.90 Å². The van der Waals surface area contributed by atoms with E-state index < -0.39 is 12.8 Å². The zero-order chi connectivity index (χ0) is 17.6. The topological polar surface area (TPSA) is 29.5 Å². The molecule has 0 saturated heterocycles. The molecule has 1 amide bonds. The Kier molecular flexibility index (Phi) is 6.66. The summed E-state index contributed by atoms with van der Waals surface area (Å²) in [5.74, 6) is 0.376. The molecule has 1 saturated carbocycles. The molecular weight excluding hydrogens is 319 g/mol. The van der Waals surface area contributed by atoms with Crippen LogP contribution >= 0.6 is 0 Å². The Morgan fingerprint density at radius 1 is 1.17 bits per heavy atom. The van der Waals surface area contributed by atoms with E-state index in [1.54, 1.807) is 11.9 Å². The molecule has 1 aromatic rings. The van der Waals surface area contributed by atoms with Crippen LogP contribution in [-0.2, 0) is 9.53 Å². The van der Waals surface area contributed by atoms with Gasteiger partial charge in [-0.05, 0) is 37.2 Å². The zero-order valence-corrected chi connectivity index (χ0v) is 13.9. The number of amides is 1. The predicted octanol–water partition coefficient (Wildman–Crippen LogP) is 4.14. The average molecular weight is 343 g/mol. The average Bonchev–Trinajstić information content (AvgIpc) is 2.58. The van der Waals surface area contributed by atoms with Crippen LogP contribution in [0.2, 0.25) is 0 Å². The number of alkyl halides is 3. The van der Waals surface area contributed by atoms with Gasteiger partial charge in [0.05, 0.1) is 13.0 Å². The summed E-state index contributed by atoms with van der Waals surface area (Å²) in [5.41, 5.74) is 1.34. The summed E-state index contributed by atoms with van der Waals surface area (Å²) in [5, 5.41) is 0. The van der Waals surface area contributed by atoms with Crippen LogP contribution in [0, 0.1) is 0 Å². The zero-order valence-electron chi connectivity index (χ0n) is 13.9. The van der Waals surface area contributed by atoms with Gasteiger partial charge in [-0.25, -0.2) is 0 Å². The summed E-state index contributed by atoms with van der Waals surface area (Å²) in [6, 6.07) is 10.5. The van der Waals surface area contributed by atoms with Gasteiger partial charge in [0, 0.05) is 13.1 Å². The minimum absolute atomic E-state index is 0.00874. The summed E-state index contributed by atoms with van der Waals surface area (Å²) in [4.78, 5) is 13.8. The molecule has 0 bridgehead atoms. The van der Waals surface area contributed by atoms with Crippen LogP contribution in [0.1, 0.15) is 43.6 Å². The van der Waals surface area contributed by atoms with Gasteiger partial charge in [-0.15, -0.1) is 0 Å². The number of hydrogen-bond donors (Lipinski definition) is 0. The Balaban J connectivity index is 1.72. The van der Waals surface area contributed by atoms with Gasteiger partial charge >= 0.3 is 6.18 Å². The van der Waals surface area contributed by atoms with Crippen molar-refractivity contribution >= 4 is 5.91 Å². The fourth-order valence-corrected chi connectivity index (χ4v) is 3.25. The van der Waals surface area contributed by atoms with Crippen LogP contribution in [0.15, 0.2) is 30.3 Å². The number of carbonyl (C=O) groups excluding carboxylic acids is 1. The minimum atomic E-state index is -4.34. The number of ether oxygens (including phenoxy) is 1. The van der Waals surface area contributed by atoms with Crippen molar-refractivity contribution in [3.63, 3.8) is 0 Å². The highest BCUT2D eigenvalue weighted by Crippen LogP contribution is 2.34. The van der Waals surface area contributed by atoms with Gasteiger partial charge in [-0.1, -0.05) is 30.3 Å². The van der Waals surface area contributed by atoms with Crippen LogP contribution < -0.4 is 0 Å². The summed E-state index contributed by atoms with van der Waals surface area (Å²) in [7, 11) is 1.74. The molecule has 0 atom stereocenters. The van der Waals surface area contributed by atoms with Gasteiger partial charge in [-0.2, -0.15) is 13.2 Å². The van der Waals surface area contributed by atoms with E-state index in [2.05, 4.69) is 16.9 Å². The lowest BCUT2D eigenvalue weighted by Crippen LogP contribution is -2.39. The molecule has 0 unspecified atom stereocenters. The van der Waals surface area contributed by atoms with Crippen LogP contribution in [-0.4, -0.2) is 43.3 Å². The van der Waals surface area contributed by atoms with E-state index in [1.807, 2.05) is 18.2 Å².